The molecule has 0 radical (unpaired) electrons. The van der Waals surface area contributed by atoms with Gasteiger partial charge in [-0.2, -0.15) is 0 Å². The molecule has 1 aromatic carbocycles. The molecule has 0 spiro atoms. The highest BCUT2D eigenvalue weighted by Gasteiger charge is 2.10. The fourth-order valence-electron chi connectivity index (χ4n) is 1.75. The van der Waals surface area contributed by atoms with Crippen LogP contribution < -0.4 is 10.6 Å². The van der Waals surface area contributed by atoms with E-state index in [1.807, 2.05) is 0 Å². The van der Waals surface area contributed by atoms with Crippen LogP contribution in [0.2, 0.25) is 5.15 Å². The van der Waals surface area contributed by atoms with E-state index < -0.39 is 11.9 Å². The van der Waals surface area contributed by atoms with Crippen molar-refractivity contribution in [2.75, 3.05) is 19.0 Å². The van der Waals surface area contributed by atoms with Crippen LogP contribution in [-0.2, 0) is 9.53 Å². The Labute approximate surface area is 143 Å². The minimum atomic E-state index is -0.538. The van der Waals surface area contributed by atoms with E-state index in [1.54, 1.807) is 18.2 Å². The van der Waals surface area contributed by atoms with Crippen molar-refractivity contribution in [1.29, 1.82) is 0 Å². The van der Waals surface area contributed by atoms with Gasteiger partial charge in [0.15, 0.2) is 0 Å². The van der Waals surface area contributed by atoms with Gasteiger partial charge in [-0.3, -0.25) is 14.4 Å². The van der Waals surface area contributed by atoms with Crippen LogP contribution in [0.25, 0.3) is 0 Å². The largest absolute Gasteiger partial charge is 0.468 e. The maximum absolute atomic E-state index is 12.0. The summed E-state index contributed by atoms with van der Waals surface area (Å²) in [5.74, 6) is -1.30. The molecule has 1 aromatic heterocycles. The van der Waals surface area contributed by atoms with E-state index in [1.165, 1.54) is 31.5 Å². The average molecular weight is 348 g/mol. The lowest BCUT2D eigenvalue weighted by Gasteiger charge is -2.07. The van der Waals surface area contributed by atoms with Crippen molar-refractivity contribution in [3.05, 3.63) is 58.9 Å². The Morgan fingerprint density at radius 3 is 2.29 bits per heavy atom. The molecule has 24 heavy (non-hydrogen) atoms. The number of anilines is 1. The quantitative estimate of drug-likeness (QED) is 0.636. The number of aromatic nitrogens is 1. The summed E-state index contributed by atoms with van der Waals surface area (Å²) in [7, 11) is 1.24. The molecule has 2 aromatic rings. The van der Waals surface area contributed by atoms with Crippen molar-refractivity contribution in [2.24, 2.45) is 0 Å². The Hall–Kier alpha value is -2.93. The minimum Gasteiger partial charge on any atom is -0.468 e. The van der Waals surface area contributed by atoms with Gasteiger partial charge < -0.3 is 15.4 Å². The van der Waals surface area contributed by atoms with Crippen molar-refractivity contribution in [1.82, 2.24) is 10.3 Å². The number of nitrogens with one attached hydrogen (secondary N) is 2. The number of benzene rings is 1. The maximum atomic E-state index is 12.0. The SMILES string of the molecule is COC(=O)CNC(=O)c1ccc(NC(=O)c2ccc(Cl)nc2)cc1. The molecule has 7 nitrogen and oxygen atoms in total. The van der Waals surface area contributed by atoms with Crippen molar-refractivity contribution in [2.45, 2.75) is 0 Å². The summed E-state index contributed by atoms with van der Waals surface area (Å²) in [5.41, 5.74) is 1.23. The van der Waals surface area contributed by atoms with Crippen LogP contribution in [0, 0.1) is 0 Å². The molecule has 0 bridgehead atoms. The zero-order valence-electron chi connectivity index (χ0n) is 12.7. The number of hydrogen-bond acceptors (Lipinski definition) is 5. The van der Waals surface area contributed by atoms with E-state index in [0.29, 0.717) is 22.0 Å². The molecule has 0 saturated heterocycles. The monoisotopic (exact) mass is 347 g/mol. The van der Waals surface area contributed by atoms with E-state index in [9.17, 15) is 14.4 Å². The van der Waals surface area contributed by atoms with Gasteiger partial charge in [0.1, 0.15) is 11.7 Å². The molecule has 0 unspecified atom stereocenters. The van der Waals surface area contributed by atoms with Gasteiger partial charge in [-0.15, -0.1) is 0 Å². The number of carbonyl (C=O) groups is 3. The molecule has 0 fully saturated rings. The Bertz CT molecular complexity index is 745. The van der Waals surface area contributed by atoms with Gasteiger partial charge >= 0.3 is 5.97 Å². The number of halogens is 1. The lowest BCUT2D eigenvalue weighted by atomic mass is 10.2. The molecule has 0 aliphatic rings. The molecular formula is C16H14ClN3O4. The van der Waals surface area contributed by atoms with Gasteiger partial charge in [0.05, 0.1) is 12.7 Å². The first-order chi connectivity index (χ1) is 11.5. The summed E-state index contributed by atoms with van der Waals surface area (Å²) in [6.07, 6.45) is 1.37. The lowest BCUT2D eigenvalue weighted by Crippen LogP contribution is -2.30. The lowest BCUT2D eigenvalue weighted by molar-refractivity contribution is -0.139. The standard InChI is InChI=1S/C16H14ClN3O4/c1-24-14(21)9-19-15(22)10-2-5-12(6-3-10)20-16(23)11-4-7-13(17)18-8-11/h2-8H,9H2,1H3,(H,19,22)(H,20,23). The first-order valence-corrected chi connectivity index (χ1v) is 7.25. The van der Waals surface area contributed by atoms with Gasteiger partial charge in [-0.1, -0.05) is 11.6 Å². The predicted octanol–water partition coefficient (Wildman–Crippen LogP) is 1.89. The number of ether oxygens (including phenoxy) is 1. The summed E-state index contributed by atoms with van der Waals surface area (Å²) in [4.78, 5) is 38.7. The zero-order valence-corrected chi connectivity index (χ0v) is 13.5. The molecule has 2 amide bonds. The van der Waals surface area contributed by atoms with Crippen molar-refractivity contribution < 1.29 is 19.1 Å². The van der Waals surface area contributed by atoms with Crippen LogP contribution in [0.3, 0.4) is 0 Å². The smallest absolute Gasteiger partial charge is 0.325 e. The van der Waals surface area contributed by atoms with Crippen LogP contribution in [0.4, 0.5) is 5.69 Å². The van der Waals surface area contributed by atoms with Gasteiger partial charge in [0, 0.05) is 17.4 Å². The van der Waals surface area contributed by atoms with Crippen molar-refractivity contribution in [3.63, 3.8) is 0 Å². The summed E-state index contributed by atoms with van der Waals surface area (Å²) in [6.45, 7) is -0.211. The molecule has 0 aliphatic carbocycles. The van der Waals surface area contributed by atoms with Gasteiger partial charge in [-0.25, -0.2) is 4.98 Å². The second-order valence-electron chi connectivity index (χ2n) is 4.66. The molecular weight excluding hydrogens is 334 g/mol. The number of hydrogen-bond donors (Lipinski definition) is 2. The van der Waals surface area contributed by atoms with Gasteiger partial charge in [0.25, 0.3) is 11.8 Å². The fraction of sp³-hybridized carbons (Fsp3) is 0.125. The fourth-order valence-corrected chi connectivity index (χ4v) is 1.86. The Morgan fingerprint density at radius 2 is 1.71 bits per heavy atom. The Morgan fingerprint density at radius 1 is 1.04 bits per heavy atom. The van der Waals surface area contributed by atoms with Crippen LogP contribution in [0.1, 0.15) is 20.7 Å². The molecule has 2 N–H and O–H groups in total. The summed E-state index contributed by atoms with van der Waals surface area (Å²) in [6, 6.07) is 9.29. The third-order valence-electron chi connectivity index (χ3n) is 3.02. The van der Waals surface area contributed by atoms with Crippen LogP contribution in [0.5, 0.6) is 0 Å². The molecule has 0 saturated carbocycles. The molecule has 124 valence electrons. The molecule has 1 heterocycles. The number of rotatable bonds is 5. The van der Waals surface area contributed by atoms with E-state index >= 15 is 0 Å². The normalized spacial score (nSPS) is 9.92. The van der Waals surface area contributed by atoms with E-state index in [-0.39, 0.29) is 12.5 Å². The summed E-state index contributed by atoms with van der Waals surface area (Å²) >= 11 is 5.67. The van der Waals surface area contributed by atoms with Crippen molar-refractivity contribution >= 4 is 35.1 Å². The van der Waals surface area contributed by atoms with E-state index in [0.717, 1.165) is 0 Å². The number of methoxy groups -OCH3 is 1. The van der Waals surface area contributed by atoms with Gasteiger partial charge in [0.2, 0.25) is 0 Å². The molecule has 8 heteroatoms. The topological polar surface area (TPSA) is 97.4 Å². The zero-order chi connectivity index (χ0) is 17.5. The van der Waals surface area contributed by atoms with E-state index in [2.05, 4.69) is 20.4 Å². The van der Waals surface area contributed by atoms with Gasteiger partial charge in [-0.05, 0) is 36.4 Å². The minimum absolute atomic E-state index is 0.211. The summed E-state index contributed by atoms with van der Waals surface area (Å²) < 4.78 is 4.43. The predicted molar refractivity (Wildman–Crippen MR) is 88.0 cm³/mol. The van der Waals surface area contributed by atoms with E-state index in [4.69, 9.17) is 11.6 Å². The number of carbonyl (C=O) groups excluding carboxylic acids is 3. The maximum Gasteiger partial charge on any atom is 0.325 e. The highest BCUT2D eigenvalue weighted by Crippen LogP contribution is 2.12. The Kier molecular flexibility index (Phi) is 5.86. The molecule has 2 rings (SSSR count). The average Bonchev–Trinajstić information content (AvgIpc) is 2.60. The van der Waals surface area contributed by atoms with Crippen molar-refractivity contribution in [3.8, 4) is 0 Å². The number of esters is 1. The third-order valence-corrected chi connectivity index (χ3v) is 3.24. The molecule has 0 atom stereocenters. The second-order valence-corrected chi connectivity index (χ2v) is 5.05. The first-order valence-electron chi connectivity index (χ1n) is 6.87. The third kappa shape index (κ3) is 4.79. The molecule has 0 aliphatic heterocycles. The second kappa shape index (κ2) is 8.07. The van der Waals surface area contributed by atoms with Crippen LogP contribution >= 0.6 is 11.6 Å². The highest BCUT2D eigenvalue weighted by molar-refractivity contribution is 6.29. The first kappa shape index (κ1) is 17.4. The highest BCUT2D eigenvalue weighted by atomic mass is 35.5. The number of pyridine rings is 1. The van der Waals surface area contributed by atoms with Crippen LogP contribution in [-0.4, -0.2) is 36.4 Å². The number of nitrogens with zero attached hydrogens (tertiary/aromatic N) is 1. The van der Waals surface area contributed by atoms with Crippen LogP contribution in [0.15, 0.2) is 42.6 Å². The Balaban J connectivity index is 1.96. The summed E-state index contributed by atoms with van der Waals surface area (Å²) in [5, 5.41) is 5.39. The number of amides is 2.